The Bertz CT molecular complexity index is 301. The van der Waals surface area contributed by atoms with Gasteiger partial charge in [0, 0.05) is 23.7 Å². The molecule has 1 fully saturated rings. The van der Waals surface area contributed by atoms with E-state index in [4.69, 9.17) is 16.3 Å². The lowest BCUT2D eigenvalue weighted by molar-refractivity contribution is 0.0274. The molecule has 1 aromatic carbocycles. The summed E-state index contributed by atoms with van der Waals surface area (Å²) in [6.07, 6.45) is 0.109. The molecule has 1 aliphatic heterocycles. The Hall–Kier alpha value is -0.570. The van der Waals surface area contributed by atoms with Crippen molar-refractivity contribution in [2.45, 2.75) is 13.0 Å². The first-order chi connectivity index (χ1) is 6.79. The van der Waals surface area contributed by atoms with Gasteiger partial charge in [0.1, 0.15) is 0 Å². The van der Waals surface area contributed by atoms with Crippen LogP contribution in [0.2, 0.25) is 5.02 Å². The molecule has 1 atom stereocenters. The Kier molecular flexibility index (Phi) is 3.06. The van der Waals surface area contributed by atoms with Gasteiger partial charge in [0.2, 0.25) is 0 Å². The highest BCUT2D eigenvalue weighted by Gasteiger charge is 2.19. The van der Waals surface area contributed by atoms with Crippen LogP contribution in [0.3, 0.4) is 0 Å². The summed E-state index contributed by atoms with van der Waals surface area (Å²) in [6.45, 7) is 4.61. The molecule has 1 aromatic rings. The van der Waals surface area contributed by atoms with Gasteiger partial charge in [-0.15, -0.1) is 0 Å². The number of nitrogens with one attached hydrogen (secondary N) is 1. The summed E-state index contributed by atoms with van der Waals surface area (Å²) in [4.78, 5) is 0. The van der Waals surface area contributed by atoms with Crippen LogP contribution < -0.4 is 5.32 Å². The summed E-state index contributed by atoms with van der Waals surface area (Å²) in [6, 6.07) is 5.96. The molecule has 0 aromatic heterocycles. The van der Waals surface area contributed by atoms with Gasteiger partial charge in [0.25, 0.3) is 0 Å². The van der Waals surface area contributed by atoms with E-state index in [-0.39, 0.29) is 6.10 Å². The number of ether oxygens (including phenoxy) is 1. The first kappa shape index (κ1) is 9.97. The van der Waals surface area contributed by atoms with Crippen molar-refractivity contribution in [3.05, 3.63) is 34.3 Å². The molecule has 1 unspecified atom stereocenters. The molecule has 3 heteroatoms. The molecule has 1 aliphatic rings. The number of hydrogen-bond donors (Lipinski definition) is 1. The molecule has 0 radical (unpaired) electrons. The third-order valence-electron chi connectivity index (χ3n) is 2.52. The summed E-state index contributed by atoms with van der Waals surface area (Å²) in [7, 11) is 0. The lowest BCUT2D eigenvalue weighted by Crippen LogP contribution is -2.33. The largest absolute Gasteiger partial charge is 0.371 e. The predicted octanol–water partition coefficient (Wildman–Crippen LogP) is 2.31. The normalized spacial score (nSPS) is 22.3. The van der Waals surface area contributed by atoms with Crippen molar-refractivity contribution in [1.82, 2.24) is 5.32 Å². The van der Waals surface area contributed by atoms with Crippen molar-refractivity contribution >= 4 is 11.6 Å². The van der Waals surface area contributed by atoms with Crippen molar-refractivity contribution in [2.24, 2.45) is 0 Å². The summed E-state index contributed by atoms with van der Waals surface area (Å²) >= 11 is 6.16. The third-order valence-corrected chi connectivity index (χ3v) is 2.85. The minimum absolute atomic E-state index is 0.109. The van der Waals surface area contributed by atoms with Crippen LogP contribution in [0.5, 0.6) is 0 Å². The number of aryl methyl sites for hydroxylation is 1. The smallest absolute Gasteiger partial charge is 0.0966 e. The lowest BCUT2D eigenvalue weighted by atomic mass is 10.0. The average Bonchev–Trinajstić information content (AvgIpc) is 2.19. The number of hydrogen-bond acceptors (Lipinski definition) is 2. The topological polar surface area (TPSA) is 21.3 Å². The fourth-order valence-corrected chi connectivity index (χ4v) is 2.15. The molecule has 0 amide bonds. The van der Waals surface area contributed by atoms with E-state index in [1.807, 2.05) is 12.1 Å². The van der Waals surface area contributed by atoms with E-state index in [1.165, 1.54) is 5.56 Å². The monoisotopic (exact) mass is 211 g/mol. The molecular formula is C11H14ClNO. The number of benzene rings is 1. The van der Waals surface area contributed by atoms with Gasteiger partial charge >= 0.3 is 0 Å². The Morgan fingerprint density at radius 1 is 1.50 bits per heavy atom. The molecule has 0 spiro atoms. The van der Waals surface area contributed by atoms with Crippen molar-refractivity contribution in [3.8, 4) is 0 Å². The molecule has 0 saturated carbocycles. The molecule has 1 N–H and O–H groups in total. The van der Waals surface area contributed by atoms with Gasteiger partial charge in [0.15, 0.2) is 0 Å². The van der Waals surface area contributed by atoms with Crippen LogP contribution in [0.1, 0.15) is 17.2 Å². The van der Waals surface area contributed by atoms with E-state index in [1.54, 1.807) is 0 Å². The molecule has 1 saturated heterocycles. The van der Waals surface area contributed by atoms with Crippen molar-refractivity contribution < 1.29 is 4.74 Å². The predicted molar refractivity (Wildman–Crippen MR) is 57.8 cm³/mol. The zero-order chi connectivity index (χ0) is 9.97. The Labute approximate surface area is 89.2 Å². The first-order valence-electron chi connectivity index (χ1n) is 4.86. The van der Waals surface area contributed by atoms with Crippen LogP contribution in [0.15, 0.2) is 18.2 Å². The Morgan fingerprint density at radius 2 is 2.36 bits per heavy atom. The van der Waals surface area contributed by atoms with Crippen molar-refractivity contribution in [1.29, 1.82) is 0 Å². The molecule has 2 nitrogen and oxygen atoms in total. The quantitative estimate of drug-likeness (QED) is 0.770. The van der Waals surface area contributed by atoms with Gasteiger partial charge < -0.3 is 10.1 Å². The number of rotatable bonds is 1. The second kappa shape index (κ2) is 4.30. The third kappa shape index (κ3) is 1.92. The SMILES string of the molecule is Cc1cccc(Cl)c1C1CNCCO1. The molecule has 1 heterocycles. The maximum absolute atomic E-state index is 6.16. The van der Waals surface area contributed by atoms with Crippen molar-refractivity contribution in [3.63, 3.8) is 0 Å². The highest BCUT2D eigenvalue weighted by Crippen LogP contribution is 2.29. The zero-order valence-corrected chi connectivity index (χ0v) is 8.97. The van der Waals surface area contributed by atoms with Crippen LogP contribution in [0.4, 0.5) is 0 Å². The summed E-state index contributed by atoms with van der Waals surface area (Å²) in [5, 5.41) is 4.11. The van der Waals surface area contributed by atoms with Gasteiger partial charge in [-0.05, 0) is 18.6 Å². The van der Waals surface area contributed by atoms with E-state index < -0.39 is 0 Å². The van der Waals surface area contributed by atoms with E-state index in [2.05, 4.69) is 18.3 Å². The van der Waals surface area contributed by atoms with Crippen LogP contribution in [0, 0.1) is 6.92 Å². The maximum Gasteiger partial charge on any atom is 0.0966 e. The minimum Gasteiger partial charge on any atom is -0.371 e. The van der Waals surface area contributed by atoms with Crippen LogP contribution >= 0.6 is 11.6 Å². The minimum atomic E-state index is 0.109. The second-order valence-electron chi connectivity index (χ2n) is 3.53. The zero-order valence-electron chi connectivity index (χ0n) is 8.22. The fourth-order valence-electron chi connectivity index (χ4n) is 1.80. The number of morpholine rings is 1. The maximum atomic E-state index is 6.16. The molecule has 76 valence electrons. The molecule has 0 bridgehead atoms. The standard InChI is InChI=1S/C11H14ClNO/c1-8-3-2-4-9(12)11(8)10-7-13-5-6-14-10/h2-4,10,13H,5-7H2,1H3. The fraction of sp³-hybridized carbons (Fsp3) is 0.455. The second-order valence-corrected chi connectivity index (χ2v) is 3.94. The van der Waals surface area contributed by atoms with E-state index >= 15 is 0 Å². The van der Waals surface area contributed by atoms with Gasteiger partial charge in [0.05, 0.1) is 12.7 Å². The Balaban J connectivity index is 2.29. The molecule has 0 aliphatic carbocycles. The average molecular weight is 212 g/mol. The lowest BCUT2D eigenvalue weighted by Gasteiger charge is -2.26. The van der Waals surface area contributed by atoms with Gasteiger partial charge in [-0.25, -0.2) is 0 Å². The molecule has 14 heavy (non-hydrogen) atoms. The molecular weight excluding hydrogens is 198 g/mol. The van der Waals surface area contributed by atoms with Gasteiger partial charge in [-0.1, -0.05) is 23.7 Å². The van der Waals surface area contributed by atoms with E-state index in [0.717, 1.165) is 30.3 Å². The van der Waals surface area contributed by atoms with Gasteiger partial charge in [-0.3, -0.25) is 0 Å². The van der Waals surface area contributed by atoms with E-state index in [0.29, 0.717) is 0 Å². The van der Waals surface area contributed by atoms with Crippen molar-refractivity contribution in [2.75, 3.05) is 19.7 Å². The first-order valence-corrected chi connectivity index (χ1v) is 5.24. The molecule has 2 rings (SSSR count). The van der Waals surface area contributed by atoms with Crippen LogP contribution in [-0.4, -0.2) is 19.7 Å². The summed E-state index contributed by atoms with van der Waals surface area (Å²) < 4.78 is 5.68. The highest BCUT2D eigenvalue weighted by molar-refractivity contribution is 6.31. The van der Waals surface area contributed by atoms with Crippen LogP contribution in [-0.2, 0) is 4.74 Å². The van der Waals surface area contributed by atoms with Crippen LogP contribution in [0.25, 0.3) is 0 Å². The van der Waals surface area contributed by atoms with Gasteiger partial charge in [-0.2, -0.15) is 0 Å². The Morgan fingerprint density at radius 3 is 3.00 bits per heavy atom. The summed E-state index contributed by atoms with van der Waals surface area (Å²) in [5.74, 6) is 0. The highest BCUT2D eigenvalue weighted by atomic mass is 35.5. The number of halogens is 1. The van der Waals surface area contributed by atoms with E-state index in [9.17, 15) is 0 Å². The summed E-state index contributed by atoms with van der Waals surface area (Å²) in [5.41, 5.74) is 2.33.